The van der Waals surface area contributed by atoms with Crippen molar-refractivity contribution in [2.45, 2.75) is 42.2 Å². The fourth-order valence-electron chi connectivity index (χ4n) is 2.61. The number of carbonyl (C=O) groups excluding carboxylic acids is 1. The standard InChI is InChI=1S/C13H16O4S/c1-10(14)13(8-2-3-9-13)18(16,17)12-6-4-11(15)5-7-12/h4-7,15H,2-3,8-9H2,1H3. The average Bonchev–Trinajstić information content (AvgIpc) is 2.80. The van der Waals surface area contributed by atoms with Crippen LogP contribution < -0.4 is 0 Å². The zero-order valence-corrected chi connectivity index (χ0v) is 11.0. The van der Waals surface area contributed by atoms with Crippen molar-refractivity contribution in [3.63, 3.8) is 0 Å². The summed E-state index contributed by atoms with van der Waals surface area (Å²) in [6.45, 7) is 1.35. The number of hydrogen-bond donors (Lipinski definition) is 1. The molecule has 1 N–H and O–H groups in total. The molecule has 2 rings (SSSR count). The van der Waals surface area contributed by atoms with Gasteiger partial charge in [-0.1, -0.05) is 12.8 Å². The van der Waals surface area contributed by atoms with Gasteiger partial charge >= 0.3 is 0 Å². The van der Waals surface area contributed by atoms with Gasteiger partial charge in [0, 0.05) is 0 Å². The first-order chi connectivity index (χ1) is 8.40. The lowest BCUT2D eigenvalue weighted by Gasteiger charge is -2.25. The van der Waals surface area contributed by atoms with Crippen LogP contribution in [0.5, 0.6) is 5.75 Å². The van der Waals surface area contributed by atoms with Crippen molar-refractivity contribution in [2.24, 2.45) is 0 Å². The molecule has 1 aliphatic carbocycles. The third-order valence-corrected chi connectivity index (χ3v) is 6.33. The Morgan fingerprint density at radius 2 is 1.67 bits per heavy atom. The van der Waals surface area contributed by atoms with Crippen LogP contribution in [0.1, 0.15) is 32.6 Å². The van der Waals surface area contributed by atoms with Gasteiger partial charge in [-0.2, -0.15) is 0 Å². The molecule has 0 unspecified atom stereocenters. The highest BCUT2D eigenvalue weighted by atomic mass is 32.2. The van der Waals surface area contributed by atoms with Gasteiger partial charge < -0.3 is 5.11 Å². The van der Waals surface area contributed by atoms with E-state index in [2.05, 4.69) is 0 Å². The Hall–Kier alpha value is -1.36. The molecule has 1 aliphatic rings. The highest BCUT2D eigenvalue weighted by Gasteiger charge is 2.50. The Balaban J connectivity index is 2.53. The maximum atomic E-state index is 12.6. The topological polar surface area (TPSA) is 71.4 Å². The first kappa shape index (κ1) is 13.1. The maximum Gasteiger partial charge on any atom is 0.191 e. The van der Waals surface area contributed by atoms with Gasteiger partial charge in [-0.15, -0.1) is 0 Å². The molecule has 4 nitrogen and oxygen atoms in total. The summed E-state index contributed by atoms with van der Waals surface area (Å²) in [5.74, 6) is -0.273. The van der Waals surface area contributed by atoms with Crippen molar-refractivity contribution < 1.29 is 18.3 Å². The molecule has 0 radical (unpaired) electrons. The minimum Gasteiger partial charge on any atom is -0.508 e. The molecule has 18 heavy (non-hydrogen) atoms. The zero-order valence-electron chi connectivity index (χ0n) is 10.2. The van der Waals surface area contributed by atoms with Crippen LogP contribution in [0, 0.1) is 0 Å². The summed E-state index contributed by atoms with van der Waals surface area (Å²) in [5, 5.41) is 9.20. The molecule has 98 valence electrons. The summed E-state index contributed by atoms with van der Waals surface area (Å²) in [7, 11) is -3.68. The molecule has 0 bridgehead atoms. The number of aromatic hydroxyl groups is 1. The molecule has 1 saturated carbocycles. The van der Waals surface area contributed by atoms with Gasteiger partial charge in [0.15, 0.2) is 15.6 Å². The third-order valence-electron chi connectivity index (χ3n) is 3.71. The Morgan fingerprint density at radius 3 is 2.11 bits per heavy atom. The zero-order chi connectivity index (χ0) is 13.4. The van der Waals surface area contributed by atoms with Crippen molar-refractivity contribution in [2.75, 3.05) is 0 Å². The number of ketones is 1. The van der Waals surface area contributed by atoms with Crippen LogP contribution in [0.3, 0.4) is 0 Å². The molecule has 0 aromatic heterocycles. The lowest BCUT2D eigenvalue weighted by atomic mass is 10.0. The van der Waals surface area contributed by atoms with Crippen molar-refractivity contribution in [1.29, 1.82) is 0 Å². The lowest BCUT2D eigenvalue weighted by molar-refractivity contribution is -0.119. The fourth-order valence-corrected chi connectivity index (χ4v) is 4.76. The lowest BCUT2D eigenvalue weighted by Crippen LogP contribution is -2.42. The van der Waals surface area contributed by atoms with E-state index in [9.17, 15) is 18.3 Å². The summed E-state index contributed by atoms with van der Waals surface area (Å²) in [5.41, 5.74) is 0. The fraction of sp³-hybridized carbons (Fsp3) is 0.462. The normalized spacial score (nSPS) is 18.7. The van der Waals surface area contributed by atoms with Crippen LogP contribution in [-0.2, 0) is 14.6 Å². The molecule has 0 heterocycles. The molecule has 1 aromatic rings. The number of rotatable bonds is 3. The van der Waals surface area contributed by atoms with E-state index in [0.29, 0.717) is 12.8 Å². The van der Waals surface area contributed by atoms with Crippen LogP contribution in [-0.4, -0.2) is 24.1 Å². The summed E-state index contributed by atoms with van der Waals surface area (Å²) >= 11 is 0. The van der Waals surface area contributed by atoms with Gasteiger partial charge in [0.1, 0.15) is 10.5 Å². The number of sulfone groups is 1. The second-order valence-corrected chi connectivity index (χ2v) is 7.01. The first-order valence-electron chi connectivity index (χ1n) is 5.95. The van der Waals surface area contributed by atoms with E-state index in [-0.39, 0.29) is 16.4 Å². The third kappa shape index (κ3) is 1.82. The smallest absolute Gasteiger partial charge is 0.191 e. The number of carbonyl (C=O) groups is 1. The summed E-state index contributed by atoms with van der Waals surface area (Å²) in [6, 6.07) is 5.37. The molecule has 5 heteroatoms. The SMILES string of the molecule is CC(=O)C1(S(=O)(=O)c2ccc(O)cc2)CCCC1. The predicted molar refractivity (Wildman–Crippen MR) is 67.2 cm³/mol. The minimum absolute atomic E-state index is 0.0113. The highest BCUT2D eigenvalue weighted by Crippen LogP contribution is 2.41. The second kappa shape index (κ2) is 4.39. The van der Waals surface area contributed by atoms with E-state index in [1.54, 1.807) is 0 Å². The quantitative estimate of drug-likeness (QED) is 0.911. The number of hydrogen-bond acceptors (Lipinski definition) is 4. The molecule has 0 saturated heterocycles. The van der Waals surface area contributed by atoms with Gasteiger partial charge in [0.25, 0.3) is 0 Å². The summed E-state index contributed by atoms with van der Waals surface area (Å²) in [4.78, 5) is 11.9. The number of phenols is 1. The van der Waals surface area contributed by atoms with Crippen LogP contribution in [0.2, 0.25) is 0 Å². The largest absolute Gasteiger partial charge is 0.508 e. The van der Waals surface area contributed by atoms with E-state index >= 15 is 0 Å². The number of benzene rings is 1. The van der Waals surface area contributed by atoms with Gasteiger partial charge in [0.2, 0.25) is 0 Å². The molecule has 1 fully saturated rings. The molecule has 1 aromatic carbocycles. The molecule has 0 amide bonds. The number of phenolic OH excluding ortho intramolecular Hbond substituents is 1. The number of Topliss-reactive ketones (excluding diaryl/α,β-unsaturated/α-hetero) is 1. The molecular formula is C13H16O4S. The first-order valence-corrected chi connectivity index (χ1v) is 7.43. The van der Waals surface area contributed by atoms with E-state index in [1.807, 2.05) is 0 Å². The van der Waals surface area contributed by atoms with Crippen LogP contribution >= 0.6 is 0 Å². The summed E-state index contributed by atoms with van der Waals surface area (Å²) in [6.07, 6.45) is 2.31. The van der Waals surface area contributed by atoms with Gasteiger partial charge in [0.05, 0.1) is 4.90 Å². The maximum absolute atomic E-state index is 12.6. The monoisotopic (exact) mass is 268 g/mol. The predicted octanol–water partition coefficient (Wildman–Crippen LogP) is 2.07. The minimum atomic E-state index is -3.68. The summed E-state index contributed by atoms with van der Waals surface area (Å²) < 4.78 is 24.0. The Morgan fingerprint density at radius 1 is 1.17 bits per heavy atom. The average molecular weight is 268 g/mol. The molecule has 0 atom stereocenters. The van der Waals surface area contributed by atoms with Gasteiger partial charge in [-0.3, -0.25) is 4.79 Å². The van der Waals surface area contributed by atoms with E-state index in [1.165, 1.54) is 31.2 Å². The molecular weight excluding hydrogens is 252 g/mol. The van der Waals surface area contributed by atoms with Crippen molar-refractivity contribution >= 4 is 15.6 Å². The van der Waals surface area contributed by atoms with Gasteiger partial charge in [-0.05, 0) is 44.0 Å². The van der Waals surface area contributed by atoms with Crippen molar-refractivity contribution in [3.05, 3.63) is 24.3 Å². The van der Waals surface area contributed by atoms with Crippen LogP contribution in [0.15, 0.2) is 29.2 Å². The van der Waals surface area contributed by atoms with Crippen molar-refractivity contribution in [3.8, 4) is 5.75 Å². The second-order valence-electron chi connectivity index (χ2n) is 4.75. The molecule has 0 spiro atoms. The Kier molecular flexibility index (Phi) is 3.19. The van der Waals surface area contributed by atoms with Crippen LogP contribution in [0.4, 0.5) is 0 Å². The van der Waals surface area contributed by atoms with E-state index in [0.717, 1.165) is 12.8 Å². The highest BCUT2D eigenvalue weighted by molar-refractivity contribution is 7.93. The van der Waals surface area contributed by atoms with E-state index < -0.39 is 14.6 Å². The van der Waals surface area contributed by atoms with Crippen molar-refractivity contribution in [1.82, 2.24) is 0 Å². The Labute approximate surface area is 107 Å². The van der Waals surface area contributed by atoms with Crippen LogP contribution in [0.25, 0.3) is 0 Å². The van der Waals surface area contributed by atoms with E-state index in [4.69, 9.17) is 0 Å². The Bertz CT molecular complexity index is 551. The molecule has 0 aliphatic heterocycles. The van der Waals surface area contributed by atoms with Gasteiger partial charge in [-0.25, -0.2) is 8.42 Å².